The molecule has 0 saturated carbocycles. The lowest BCUT2D eigenvalue weighted by atomic mass is 9.96. The molecule has 3 aromatic rings. The normalized spacial score (nSPS) is 15.1. The van der Waals surface area contributed by atoms with Gasteiger partial charge in [0.2, 0.25) is 0 Å². The highest BCUT2D eigenvalue weighted by Crippen LogP contribution is 2.27. The maximum Gasteiger partial charge on any atom is 0.267 e. The van der Waals surface area contributed by atoms with E-state index in [4.69, 9.17) is 14.5 Å². The van der Waals surface area contributed by atoms with Gasteiger partial charge in [0, 0.05) is 18.5 Å². The van der Waals surface area contributed by atoms with Crippen molar-refractivity contribution < 1.29 is 19.3 Å². The Morgan fingerprint density at radius 1 is 1.24 bits per heavy atom. The van der Waals surface area contributed by atoms with Gasteiger partial charge in [0.15, 0.2) is 12.4 Å². The van der Waals surface area contributed by atoms with Crippen molar-refractivity contribution in [3.05, 3.63) is 83.0 Å². The Kier molecular flexibility index (Phi) is 7.49. The number of benzene rings is 2. The molecule has 1 saturated heterocycles. The topological polar surface area (TPSA) is 101 Å². The number of hydroxylamine groups is 1. The molecule has 1 aliphatic rings. The molecule has 0 aliphatic carbocycles. The number of hydrogen-bond acceptors (Lipinski definition) is 7. The molecule has 1 amide bonds. The number of hydrogen-bond donors (Lipinski definition) is 2. The van der Waals surface area contributed by atoms with Gasteiger partial charge in [-0.05, 0) is 62.2 Å². The zero-order valence-corrected chi connectivity index (χ0v) is 18.6. The van der Waals surface area contributed by atoms with E-state index in [1.54, 1.807) is 35.8 Å². The van der Waals surface area contributed by atoms with E-state index in [1.807, 2.05) is 0 Å². The maximum atomic E-state index is 11.0. The predicted molar refractivity (Wildman–Crippen MR) is 122 cm³/mol. The summed E-state index contributed by atoms with van der Waals surface area (Å²) in [6, 6.07) is 15.9. The summed E-state index contributed by atoms with van der Waals surface area (Å²) in [5.74, 6) is 1.59. The molecule has 1 aliphatic heterocycles. The SMILES string of the molecule is Cc1cccc(CN2CCC(c3noc(COc4ccc(/C=C/C(=O)NO)cc4)n3)CC2)c1. The Labute approximate surface area is 192 Å². The Balaban J connectivity index is 1.24. The first-order valence-electron chi connectivity index (χ1n) is 11.0. The van der Waals surface area contributed by atoms with Gasteiger partial charge < -0.3 is 9.26 Å². The molecule has 2 N–H and O–H groups in total. The first-order chi connectivity index (χ1) is 16.1. The van der Waals surface area contributed by atoms with Crippen LogP contribution in [0.25, 0.3) is 6.08 Å². The Bertz CT molecular complexity index is 1090. The largest absolute Gasteiger partial charge is 0.484 e. The average molecular weight is 449 g/mol. The van der Waals surface area contributed by atoms with Crippen LogP contribution in [0.1, 0.15) is 47.2 Å². The highest BCUT2D eigenvalue weighted by atomic mass is 16.5. The third-order valence-electron chi connectivity index (χ3n) is 5.70. The Hall–Kier alpha value is -3.49. The molecule has 0 spiro atoms. The lowest BCUT2D eigenvalue weighted by molar-refractivity contribution is -0.124. The number of piperidine rings is 1. The summed E-state index contributed by atoms with van der Waals surface area (Å²) in [4.78, 5) is 18.1. The van der Waals surface area contributed by atoms with Crippen LogP contribution in [-0.2, 0) is 17.9 Å². The first kappa shape index (κ1) is 22.7. The second-order valence-electron chi connectivity index (χ2n) is 8.25. The molecule has 0 unspecified atom stereocenters. The Morgan fingerprint density at radius 2 is 2.03 bits per heavy atom. The highest BCUT2D eigenvalue weighted by molar-refractivity contribution is 5.90. The Morgan fingerprint density at radius 3 is 2.76 bits per heavy atom. The van der Waals surface area contributed by atoms with E-state index in [-0.39, 0.29) is 6.61 Å². The molecule has 4 rings (SSSR count). The van der Waals surface area contributed by atoms with Crippen LogP contribution in [0.3, 0.4) is 0 Å². The second-order valence-corrected chi connectivity index (χ2v) is 8.25. The van der Waals surface area contributed by atoms with Gasteiger partial charge in [-0.15, -0.1) is 0 Å². The number of carbonyl (C=O) groups excluding carboxylic acids is 1. The highest BCUT2D eigenvalue weighted by Gasteiger charge is 2.24. The van der Waals surface area contributed by atoms with E-state index in [0.717, 1.165) is 43.9 Å². The van der Waals surface area contributed by atoms with Crippen LogP contribution in [0.15, 0.2) is 59.1 Å². The number of aryl methyl sites for hydroxylation is 1. The van der Waals surface area contributed by atoms with Gasteiger partial charge in [0.1, 0.15) is 5.75 Å². The van der Waals surface area contributed by atoms with Crippen LogP contribution in [0.4, 0.5) is 0 Å². The van der Waals surface area contributed by atoms with Crippen LogP contribution >= 0.6 is 0 Å². The van der Waals surface area contributed by atoms with E-state index in [0.29, 0.717) is 17.6 Å². The molecule has 1 aromatic heterocycles. The summed E-state index contributed by atoms with van der Waals surface area (Å²) < 4.78 is 11.1. The number of ether oxygens (including phenoxy) is 1. The van der Waals surface area contributed by atoms with Crippen LogP contribution in [0, 0.1) is 6.92 Å². The third-order valence-corrected chi connectivity index (χ3v) is 5.70. The molecular formula is C25H28N4O4. The molecular weight excluding hydrogens is 420 g/mol. The molecule has 2 heterocycles. The number of carbonyl (C=O) groups is 1. The fraction of sp³-hybridized carbons (Fsp3) is 0.320. The molecule has 0 radical (unpaired) electrons. The van der Waals surface area contributed by atoms with Crippen molar-refractivity contribution in [3.8, 4) is 5.75 Å². The van der Waals surface area contributed by atoms with Crippen molar-refractivity contribution in [1.29, 1.82) is 0 Å². The lowest BCUT2D eigenvalue weighted by Gasteiger charge is -2.30. The van der Waals surface area contributed by atoms with E-state index < -0.39 is 5.91 Å². The summed E-state index contributed by atoms with van der Waals surface area (Å²) in [5, 5.41) is 12.7. The molecule has 33 heavy (non-hydrogen) atoms. The minimum absolute atomic E-state index is 0.196. The fourth-order valence-corrected chi connectivity index (χ4v) is 3.94. The van der Waals surface area contributed by atoms with Gasteiger partial charge in [0.25, 0.3) is 11.8 Å². The number of nitrogens with zero attached hydrogens (tertiary/aromatic N) is 3. The molecule has 2 aromatic carbocycles. The quantitative estimate of drug-likeness (QED) is 0.307. The number of nitrogens with one attached hydrogen (secondary N) is 1. The molecule has 1 fully saturated rings. The van der Waals surface area contributed by atoms with E-state index in [2.05, 4.69) is 46.2 Å². The van der Waals surface area contributed by atoms with Crippen molar-refractivity contribution in [3.63, 3.8) is 0 Å². The number of likely N-dealkylation sites (tertiary alicyclic amines) is 1. The smallest absolute Gasteiger partial charge is 0.267 e. The van der Waals surface area contributed by atoms with Crippen molar-refractivity contribution in [2.24, 2.45) is 0 Å². The second kappa shape index (κ2) is 10.9. The van der Waals surface area contributed by atoms with Crippen molar-refractivity contribution >= 4 is 12.0 Å². The first-order valence-corrected chi connectivity index (χ1v) is 11.0. The minimum atomic E-state index is -0.584. The number of aromatic nitrogens is 2. The fourth-order valence-electron chi connectivity index (χ4n) is 3.94. The zero-order valence-electron chi connectivity index (χ0n) is 18.6. The molecule has 8 heteroatoms. The van der Waals surface area contributed by atoms with Gasteiger partial charge >= 0.3 is 0 Å². The van der Waals surface area contributed by atoms with Gasteiger partial charge in [0.05, 0.1) is 0 Å². The molecule has 0 atom stereocenters. The van der Waals surface area contributed by atoms with E-state index in [9.17, 15) is 4.79 Å². The van der Waals surface area contributed by atoms with E-state index >= 15 is 0 Å². The minimum Gasteiger partial charge on any atom is -0.484 e. The summed E-state index contributed by atoms with van der Waals surface area (Å²) in [6.45, 7) is 5.32. The third kappa shape index (κ3) is 6.50. The predicted octanol–water partition coefficient (Wildman–Crippen LogP) is 3.86. The van der Waals surface area contributed by atoms with E-state index in [1.165, 1.54) is 17.2 Å². The van der Waals surface area contributed by atoms with Crippen LogP contribution < -0.4 is 10.2 Å². The summed E-state index contributed by atoms with van der Waals surface area (Å²) in [7, 11) is 0. The van der Waals surface area contributed by atoms with Crippen LogP contribution in [0.2, 0.25) is 0 Å². The molecule has 172 valence electrons. The summed E-state index contributed by atoms with van der Waals surface area (Å²) >= 11 is 0. The summed E-state index contributed by atoms with van der Waals surface area (Å²) in [6.07, 6.45) is 4.85. The standard InChI is InChI=1S/C25H28N4O4/c1-18-3-2-4-20(15-18)16-29-13-11-21(12-14-29)25-26-24(33-28-25)17-32-22-8-5-19(6-9-22)7-10-23(30)27-31/h2-10,15,21,31H,11-14,16-17H2,1H3,(H,27,30)/b10-7+. The summed E-state index contributed by atoms with van der Waals surface area (Å²) in [5.41, 5.74) is 5.00. The van der Waals surface area contributed by atoms with Gasteiger partial charge in [-0.25, -0.2) is 5.48 Å². The van der Waals surface area contributed by atoms with Crippen molar-refractivity contribution in [1.82, 2.24) is 20.5 Å². The van der Waals surface area contributed by atoms with Crippen LogP contribution in [0.5, 0.6) is 5.75 Å². The van der Waals surface area contributed by atoms with Gasteiger partial charge in [-0.1, -0.05) is 47.1 Å². The molecule has 8 nitrogen and oxygen atoms in total. The van der Waals surface area contributed by atoms with Gasteiger partial charge in [-0.3, -0.25) is 14.9 Å². The average Bonchev–Trinajstić information content (AvgIpc) is 3.31. The lowest BCUT2D eigenvalue weighted by Crippen LogP contribution is -2.32. The molecule has 0 bridgehead atoms. The number of rotatable bonds is 8. The maximum absolute atomic E-state index is 11.0. The number of amides is 1. The van der Waals surface area contributed by atoms with Gasteiger partial charge in [-0.2, -0.15) is 4.98 Å². The zero-order chi connectivity index (χ0) is 23.0. The monoisotopic (exact) mass is 448 g/mol. The van der Waals surface area contributed by atoms with Crippen LogP contribution in [-0.4, -0.2) is 39.2 Å². The van der Waals surface area contributed by atoms with Crippen molar-refractivity contribution in [2.75, 3.05) is 13.1 Å². The van der Waals surface area contributed by atoms with Crippen molar-refractivity contribution in [2.45, 2.75) is 38.8 Å².